The zero-order valence-electron chi connectivity index (χ0n) is 23.6. The van der Waals surface area contributed by atoms with E-state index in [1.54, 1.807) is 7.11 Å². The Labute approximate surface area is 234 Å². The third kappa shape index (κ3) is 8.40. The van der Waals surface area contributed by atoms with Crippen molar-refractivity contribution in [3.63, 3.8) is 0 Å². The SMILES string of the molecule is CCCC[C@]1(CC)CS(O)(O)c2cc(CNCCCC[C@H](N)C(=O)O)c(OC)cc2[C@@H](c2ccccc2)N1.N. The van der Waals surface area contributed by atoms with Gasteiger partial charge in [0, 0.05) is 23.2 Å². The Hall–Kier alpha value is -2.18. The summed E-state index contributed by atoms with van der Waals surface area (Å²) in [6.07, 6.45) is 5.64. The molecule has 10 heteroatoms. The van der Waals surface area contributed by atoms with Crippen LogP contribution in [-0.2, 0) is 11.3 Å². The second-order valence-electron chi connectivity index (χ2n) is 10.4. The van der Waals surface area contributed by atoms with Crippen LogP contribution in [0.4, 0.5) is 0 Å². The van der Waals surface area contributed by atoms with E-state index in [2.05, 4.69) is 36.6 Å². The standard InChI is InChI=1S/C29H45N3O5S.H3N/c1-4-6-15-29(5-2)20-38(35,36)26-17-22(19-31-16-11-10-14-24(30)28(33)34)25(37-3)18-23(26)27(32-29)21-12-8-7-9-13-21;/h7-9,12-13,17-18,24,27,31-32,35-36H,4-6,10-11,14-16,19-20,30H2,1-3H3,(H,33,34);1H3/t24-,27+,29+;/m0./s1. The van der Waals surface area contributed by atoms with Crippen LogP contribution in [0.5, 0.6) is 5.75 Å². The summed E-state index contributed by atoms with van der Waals surface area (Å²) in [7, 11) is -1.45. The zero-order valence-corrected chi connectivity index (χ0v) is 24.4. The quantitative estimate of drug-likeness (QED) is 0.143. The molecule has 1 heterocycles. The Balaban J connectivity index is 0.00000533. The van der Waals surface area contributed by atoms with Gasteiger partial charge in [0.2, 0.25) is 0 Å². The first kappa shape index (κ1) is 33.0. The van der Waals surface area contributed by atoms with Gasteiger partial charge in [-0.15, -0.1) is 0 Å². The molecule has 0 spiro atoms. The molecule has 1 aliphatic rings. The van der Waals surface area contributed by atoms with Gasteiger partial charge < -0.3 is 27.0 Å². The molecule has 0 radical (unpaired) electrons. The molecule has 9 nitrogen and oxygen atoms in total. The number of benzene rings is 2. The maximum Gasteiger partial charge on any atom is 0.320 e. The van der Waals surface area contributed by atoms with Crippen molar-refractivity contribution in [3.8, 4) is 5.75 Å². The summed E-state index contributed by atoms with van der Waals surface area (Å²) >= 11 is 0. The molecule has 3 atom stereocenters. The van der Waals surface area contributed by atoms with Crippen molar-refractivity contribution in [2.45, 2.75) is 87.9 Å². The van der Waals surface area contributed by atoms with Gasteiger partial charge in [0.25, 0.3) is 0 Å². The van der Waals surface area contributed by atoms with E-state index < -0.39 is 28.1 Å². The third-order valence-corrected chi connectivity index (χ3v) is 9.59. The Bertz CT molecular complexity index is 1060. The summed E-state index contributed by atoms with van der Waals surface area (Å²) in [6.45, 7) is 5.46. The van der Waals surface area contributed by atoms with Crippen LogP contribution in [-0.4, -0.2) is 51.2 Å². The van der Waals surface area contributed by atoms with Gasteiger partial charge in [0.1, 0.15) is 11.8 Å². The highest BCUT2D eigenvalue weighted by molar-refractivity contribution is 8.24. The van der Waals surface area contributed by atoms with Crippen LogP contribution in [0, 0.1) is 0 Å². The van der Waals surface area contributed by atoms with Gasteiger partial charge in [-0.3, -0.25) is 19.2 Å². The molecular weight excluding hydrogens is 516 g/mol. The number of carbonyl (C=O) groups is 1. The van der Waals surface area contributed by atoms with Crippen molar-refractivity contribution >= 4 is 16.6 Å². The first-order valence-electron chi connectivity index (χ1n) is 13.6. The van der Waals surface area contributed by atoms with E-state index in [9.17, 15) is 13.9 Å². The highest BCUT2D eigenvalue weighted by Crippen LogP contribution is 2.58. The number of nitrogens with two attached hydrogens (primary N) is 1. The molecule has 0 aromatic heterocycles. The lowest BCUT2D eigenvalue weighted by molar-refractivity contribution is -0.138. The summed E-state index contributed by atoms with van der Waals surface area (Å²) in [5, 5.41) is 16.2. The molecule has 1 aliphatic heterocycles. The van der Waals surface area contributed by atoms with E-state index in [-0.39, 0.29) is 17.9 Å². The second-order valence-corrected chi connectivity index (χ2v) is 12.4. The van der Waals surface area contributed by atoms with Crippen molar-refractivity contribution < 1.29 is 23.7 Å². The molecule has 0 amide bonds. The Morgan fingerprint density at radius 3 is 2.54 bits per heavy atom. The molecule has 0 fully saturated rings. The van der Waals surface area contributed by atoms with Gasteiger partial charge in [-0.05, 0) is 49.9 Å². The topological polar surface area (TPSA) is 172 Å². The average molecular weight is 565 g/mol. The lowest BCUT2D eigenvalue weighted by Crippen LogP contribution is -2.49. The molecule has 0 saturated heterocycles. The van der Waals surface area contributed by atoms with Gasteiger partial charge in [0.05, 0.1) is 23.8 Å². The number of hydrogen-bond acceptors (Lipinski definition) is 8. The molecule has 2 aromatic carbocycles. The van der Waals surface area contributed by atoms with Crippen LogP contribution < -0.4 is 27.3 Å². The number of ether oxygens (including phenoxy) is 1. The maximum absolute atomic E-state index is 11.6. The highest BCUT2D eigenvalue weighted by atomic mass is 32.3. The van der Waals surface area contributed by atoms with E-state index in [0.717, 1.165) is 48.8 Å². The second kappa shape index (κ2) is 15.0. The van der Waals surface area contributed by atoms with Crippen LogP contribution in [0.2, 0.25) is 0 Å². The third-order valence-electron chi connectivity index (χ3n) is 7.57. The largest absolute Gasteiger partial charge is 0.496 e. The fourth-order valence-electron chi connectivity index (χ4n) is 5.25. The number of unbranched alkanes of at least 4 members (excludes halogenated alkanes) is 2. The van der Waals surface area contributed by atoms with Crippen LogP contribution in [0.3, 0.4) is 0 Å². The van der Waals surface area contributed by atoms with Crippen LogP contribution >= 0.6 is 10.6 Å². The zero-order chi connectivity index (χ0) is 27.8. The van der Waals surface area contributed by atoms with Crippen molar-refractivity contribution in [1.82, 2.24) is 16.8 Å². The van der Waals surface area contributed by atoms with Gasteiger partial charge in [-0.25, -0.2) is 0 Å². The van der Waals surface area contributed by atoms with E-state index >= 15 is 0 Å². The van der Waals surface area contributed by atoms with Crippen molar-refractivity contribution in [2.24, 2.45) is 5.73 Å². The fourth-order valence-corrected chi connectivity index (χ4v) is 7.50. The number of fused-ring (bicyclic) bond motifs is 1. The summed E-state index contributed by atoms with van der Waals surface area (Å²) in [5.41, 5.74) is 7.95. The van der Waals surface area contributed by atoms with E-state index in [1.807, 2.05) is 30.3 Å². The normalized spacial score (nSPS) is 21.6. The number of aliphatic carboxylic acids is 1. The van der Waals surface area contributed by atoms with Crippen LogP contribution in [0.1, 0.15) is 81.5 Å². The molecule has 2 aromatic rings. The first-order valence-corrected chi connectivity index (χ1v) is 15.4. The molecule has 10 N–H and O–H groups in total. The molecular formula is C29H48N4O5S. The summed E-state index contributed by atoms with van der Waals surface area (Å²) in [5.74, 6) is -0.00745. The number of rotatable bonds is 14. The Morgan fingerprint density at radius 1 is 1.21 bits per heavy atom. The van der Waals surface area contributed by atoms with Crippen LogP contribution in [0.25, 0.3) is 0 Å². The number of nitrogens with one attached hydrogen (secondary N) is 2. The lowest BCUT2D eigenvalue weighted by atomic mass is 9.88. The number of carboxylic acid groups (broad SMARTS) is 1. The van der Waals surface area contributed by atoms with Crippen molar-refractivity contribution in [2.75, 3.05) is 19.4 Å². The van der Waals surface area contributed by atoms with Crippen molar-refractivity contribution in [1.29, 1.82) is 0 Å². The Kier molecular flexibility index (Phi) is 12.7. The molecule has 0 aliphatic carbocycles. The molecule has 0 saturated carbocycles. The number of carboxylic acids is 1. The summed E-state index contributed by atoms with van der Waals surface area (Å²) < 4.78 is 29.1. The van der Waals surface area contributed by atoms with Gasteiger partial charge >= 0.3 is 5.97 Å². The minimum absolute atomic E-state index is 0. The van der Waals surface area contributed by atoms with E-state index in [4.69, 9.17) is 15.6 Å². The minimum atomic E-state index is -3.09. The Morgan fingerprint density at radius 2 is 1.92 bits per heavy atom. The summed E-state index contributed by atoms with van der Waals surface area (Å²) in [4.78, 5) is 11.5. The lowest BCUT2D eigenvalue weighted by Gasteiger charge is -2.42. The minimum Gasteiger partial charge on any atom is -0.496 e. The highest BCUT2D eigenvalue weighted by Gasteiger charge is 2.42. The number of hydrogen-bond donors (Lipinski definition) is 7. The molecule has 3 rings (SSSR count). The predicted molar refractivity (Wildman–Crippen MR) is 159 cm³/mol. The monoisotopic (exact) mass is 564 g/mol. The summed E-state index contributed by atoms with van der Waals surface area (Å²) in [6, 6.07) is 13.0. The van der Waals surface area contributed by atoms with Gasteiger partial charge in [-0.1, -0.05) is 63.4 Å². The van der Waals surface area contributed by atoms with E-state index in [0.29, 0.717) is 36.6 Å². The van der Waals surface area contributed by atoms with Gasteiger partial charge in [-0.2, -0.15) is 10.6 Å². The fraction of sp³-hybridized carbons (Fsp3) is 0.552. The average Bonchev–Trinajstić information content (AvgIpc) is 3.01. The van der Waals surface area contributed by atoms with Crippen molar-refractivity contribution in [3.05, 3.63) is 59.2 Å². The molecule has 39 heavy (non-hydrogen) atoms. The maximum atomic E-state index is 11.6. The van der Waals surface area contributed by atoms with Crippen LogP contribution in [0.15, 0.2) is 47.4 Å². The smallest absolute Gasteiger partial charge is 0.320 e. The molecule has 0 unspecified atom stereocenters. The number of methoxy groups -OCH3 is 1. The first-order chi connectivity index (χ1) is 18.2. The molecule has 220 valence electrons. The molecule has 0 bridgehead atoms. The predicted octanol–water partition coefficient (Wildman–Crippen LogP) is 5.67. The van der Waals surface area contributed by atoms with E-state index in [1.165, 1.54) is 0 Å². The van der Waals surface area contributed by atoms with Gasteiger partial charge in [0.15, 0.2) is 0 Å².